The maximum absolute atomic E-state index is 6.05. The average Bonchev–Trinajstić information content (AvgIpc) is 2.27. The second-order valence-corrected chi connectivity index (χ2v) is 6.07. The monoisotopic (exact) mass is 317 g/mol. The Balaban J connectivity index is 2.16. The number of benzene rings is 1. The molecule has 1 aromatic carbocycles. The third-order valence-electron chi connectivity index (χ3n) is 2.61. The van der Waals surface area contributed by atoms with E-state index in [2.05, 4.69) is 41.2 Å². The molecule has 3 heteroatoms. The van der Waals surface area contributed by atoms with E-state index in [1.807, 2.05) is 12.1 Å². The van der Waals surface area contributed by atoms with E-state index in [4.69, 9.17) is 11.6 Å². The predicted octanol–water partition coefficient (Wildman–Crippen LogP) is 4.67. The lowest BCUT2D eigenvalue weighted by Gasteiger charge is -2.07. The molecule has 0 amide bonds. The van der Waals surface area contributed by atoms with Crippen molar-refractivity contribution in [3.8, 4) is 0 Å². The van der Waals surface area contributed by atoms with E-state index >= 15 is 0 Å². The van der Waals surface area contributed by atoms with Crippen LogP contribution in [0.5, 0.6) is 0 Å². The van der Waals surface area contributed by atoms with E-state index in [-0.39, 0.29) is 0 Å². The molecule has 0 radical (unpaired) electrons. The summed E-state index contributed by atoms with van der Waals surface area (Å²) in [5.41, 5.74) is 1.32. The highest BCUT2D eigenvalue weighted by Gasteiger charge is 1.99. The zero-order valence-electron chi connectivity index (χ0n) is 10.6. The molecule has 96 valence electrons. The van der Waals surface area contributed by atoms with Crippen LogP contribution in [0.4, 0.5) is 0 Å². The molecule has 0 unspecified atom stereocenters. The summed E-state index contributed by atoms with van der Waals surface area (Å²) in [5, 5.41) is 4.26. The maximum Gasteiger partial charge on any atom is 0.0550 e. The van der Waals surface area contributed by atoms with Crippen LogP contribution in [0.1, 0.15) is 32.3 Å². The minimum absolute atomic E-state index is 0.736. The van der Waals surface area contributed by atoms with Gasteiger partial charge in [-0.25, -0.2) is 0 Å². The van der Waals surface area contributed by atoms with Gasteiger partial charge in [-0.1, -0.05) is 31.5 Å². The molecule has 0 spiro atoms. The summed E-state index contributed by atoms with van der Waals surface area (Å²) < 4.78 is 0.974. The van der Waals surface area contributed by atoms with Crippen LogP contribution in [0, 0.1) is 5.92 Å². The van der Waals surface area contributed by atoms with Gasteiger partial charge in [0, 0.05) is 4.47 Å². The van der Waals surface area contributed by atoms with Crippen LogP contribution in [0.3, 0.4) is 0 Å². The van der Waals surface area contributed by atoms with Gasteiger partial charge in [0.2, 0.25) is 0 Å². The van der Waals surface area contributed by atoms with Crippen LogP contribution < -0.4 is 5.32 Å². The van der Waals surface area contributed by atoms with Crippen LogP contribution in [-0.4, -0.2) is 13.1 Å². The van der Waals surface area contributed by atoms with Crippen molar-refractivity contribution in [1.29, 1.82) is 0 Å². The highest BCUT2D eigenvalue weighted by molar-refractivity contribution is 9.10. The molecule has 0 saturated heterocycles. The number of aryl methyl sites for hydroxylation is 1. The fourth-order valence-corrected chi connectivity index (χ4v) is 2.11. The molecule has 0 fully saturated rings. The molecule has 17 heavy (non-hydrogen) atoms. The first-order chi connectivity index (χ1) is 8.09. The van der Waals surface area contributed by atoms with Crippen molar-refractivity contribution in [3.63, 3.8) is 0 Å². The molecule has 0 bridgehead atoms. The van der Waals surface area contributed by atoms with Gasteiger partial charge in [0.05, 0.1) is 5.02 Å². The molecule has 0 aliphatic rings. The Morgan fingerprint density at radius 2 is 2.06 bits per heavy atom. The average molecular weight is 319 g/mol. The fraction of sp³-hybridized carbons (Fsp3) is 0.571. The minimum Gasteiger partial charge on any atom is -0.316 e. The zero-order chi connectivity index (χ0) is 12.7. The molecule has 1 aromatic rings. The summed E-state index contributed by atoms with van der Waals surface area (Å²) >= 11 is 9.46. The number of unbranched alkanes of at least 4 members (excludes halogenated alkanes) is 1. The Morgan fingerprint density at radius 3 is 2.71 bits per heavy atom. The molecular formula is C14H21BrClN. The van der Waals surface area contributed by atoms with E-state index < -0.39 is 0 Å². The number of halogens is 2. The van der Waals surface area contributed by atoms with Gasteiger partial charge in [0.25, 0.3) is 0 Å². The van der Waals surface area contributed by atoms with Crippen LogP contribution in [0.2, 0.25) is 5.02 Å². The SMILES string of the molecule is CC(C)CNCCCCc1ccc(Br)c(Cl)c1. The number of nitrogens with one attached hydrogen (secondary N) is 1. The lowest BCUT2D eigenvalue weighted by Crippen LogP contribution is -2.20. The van der Waals surface area contributed by atoms with Gasteiger partial charge in [-0.2, -0.15) is 0 Å². The molecule has 0 aromatic heterocycles. The quantitative estimate of drug-likeness (QED) is 0.720. The normalized spacial score (nSPS) is 11.1. The smallest absolute Gasteiger partial charge is 0.0550 e. The third kappa shape index (κ3) is 6.44. The van der Waals surface area contributed by atoms with Gasteiger partial charge in [0.1, 0.15) is 0 Å². The van der Waals surface area contributed by atoms with Gasteiger partial charge in [-0.15, -0.1) is 0 Å². The van der Waals surface area contributed by atoms with Crippen LogP contribution in [-0.2, 0) is 6.42 Å². The topological polar surface area (TPSA) is 12.0 Å². The van der Waals surface area contributed by atoms with Crippen molar-refractivity contribution in [3.05, 3.63) is 33.3 Å². The summed E-state index contributed by atoms with van der Waals surface area (Å²) in [7, 11) is 0. The Hall–Kier alpha value is -0.0500. The predicted molar refractivity (Wildman–Crippen MR) is 79.8 cm³/mol. The summed E-state index contributed by atoms with van der Waals surface area (Å²) in [5.74, 6) is 0.736. The van der Waals surface area contributed by atoms with Crippen LogP contribution >= 0.6 is 27.5 Å². The second-order valence-electron chi connectivity index (χ2n) is 4.80. The number of rotatable bonds is 7. The first-order valence-corrected chi connectivity index (χ1v) is 7.41. The second kappa shape index (κ2) is 8.12. The first kappa shape index (κ1) is 15.0. The summed E-state index contributed by atoms with van der Waals surface area (Å²) in [6, 6.07) is 6.21. The summed E-state index contributed by atoms with van der Waals surface area (Å²) in [6.07, 6.45) is 3.54. The lowest BCUT2D eigenvalue weighted by molar-refractivity contribution is 0.535. The van der Waals surface area contributed by atoms with Crippen molar-refractivity contribution in [2.75, 3.05) is 13.1 Å². The summed E-state index contributed by atoms with van der Waals surface area (Å²) in [4.78, 5) is 0. The van der Waals surface area contributed by atoms with Crippen molar-refractivity contribution in [2.45, 2.75) is 33.1 Å². The van der Waals surface area contributed by atoms with Crippen molar-refractivity contribution < 1.29 is 0 Å². The molecule has 1 rings (SSSR count). The van der Waals surface area contributed by atoms with E-state index in [0.717, 1.165) is 34.9 Å². The van der Waals surface area contributed by atoms with E-state index in [1.165, 1.54) is 18.4 Å². The van der Waals surface area contributed by atoms with Gasteiger partial charge >= 0.3 is 0 Å². The minimum atomic E-state index is 0.736. The Kier molecular flexibility index (Phi) is 7.17. The standard InChI is InChI=1S/C14H21BrClN/c1-11(2)10-17-8-4-3-5-12-6-7-13(15)14(16)9-12/h6-7,9,11,17H,3-5,8,10H2,1-2H3. The number of hydrogen-bond donors (Lipinski definition) is 1. The maximum atomic E-state index is 6.05. The van der Waals surface area contributed by atoms with Gasteiger partial charge in [0.15, 0.2) is 0 Å². The van der Waals surface area contributed by atoms with Crippen LogP contribution in [0.15, 0.2) is 22.7 Å². The Bertz CT molecular complexity index is 339. The first-order valence-electron chi connectivity index (χ1n) is 6.24. The third-order valence-corrected chi connectivity index (χ3v) is 3.84. The molecule has 0 heterocycles. The lowest BCUT2D eigenvalue weighted by atomic mass is 10.1. The van der Waals surface area contributed by atoms with Crippen molar-refractivity contribution in [2.24, 2.45) is 5.92 Å². The highest BCUT2D eigenvalue weighted by Crippen LogP contribution is 2.23. The number of hydrogen-bond acceptors (Lipinski definition) is 1. The van der Waals surface area contributed by atoms with Crippen LogP contribution in [0.25, 0.3) is 0 Å². The van der Waals surface area contributed by atoms with Gasteiger partial charge < -0.3 is 5.32 Å². The van der Waals surface area contributed by atoms with Gasteiger partial charge in [-0.3, -0.25) is 0 Å². The van der Waals surface area contributed by atoms with Gasteiger partial charge in [-0.05, 0) is 71.9 Å². The molecular weight excluding hydrogens is 298 g/mol. The van der Waals surface area contributed by atoms with E-state index in [9.17, 15) is 0 Å². The highest BCUT2D eigenvalue weighted by atomic mass is 79.9. The summed E-state index contributed by atoms with van der Waals surface area (Å²) in [6.45, 7) is 6.69. The fourth-order valence-electron chi connectivity index (χ4n) is 1.67. The Labute approximate surface area is 118 Å². The molecule has 0 atom stereocenters. The van der Waals surface area contributed by atoms with E-state index in [1.54, 1.807) is 0 Å². The largest absolute Gasteiger partial charge is 0.316 e. The molecule has 0 saturated carbocycles. The van der Waals surface area contributed by atoms with Crippen molar-refractivity contribution >= 4 is 27.5 Å². The Morgan fingerprint density at radius 1 is 1.29 bits per heavy atom. The molecule has 0 aliphatic heterocycles. The van der Waals surface area contributed by atoms with Crippen molar-refractivity contribution in [1.82, 2.24) is 5.32 Å². The molecule has 0 aliphatic carbocycles. The molecule has 1 N–H and O–H groups in total. The zero-order valence-corrected chi connectivity index (χ0v) is 12.9. The molecule has 1 nitrogen and oxygen atoms in total. The van der Waals surface area contributed by atoms with E-state index in [0.29, 0.717) is 0 Å².